The van der Waals surface area contributed by atoms with Crippen molar-refractivity contribution >= 4 is 32.9 Å². The molecule has 2 aliphatic rings. The Balaban J connectivity index is 0.000000137. The molecule has 1 radical (unpaired) electrons. The van der Waals surface area contributed by atoms with E-state index in [-0.39, 0.29) is 16.8 Å². The van der Waals surface area contributed by atoms with Gasteiger partial charge in [-0.2, -0.15) is 0 Å². The minimum Gasteiger partial charge on any atom is -0.408 e. The zero-order valence-electron chi connectivity index (χ0n) is 16.8. The van der Waals surface area contributed by atoms with Gasteiger partial charge in [-0.25, -0.2) is 0 Å². The molecule has 29 heavy (non-hydrogen) atoms. The van der Waals surface area contributed by atoms with Crippen LogP contribution in [0.1, 0.15) is 25.7 Å². The summed E-state index contributed by atoms with van der Waals surface area (Å²) in [5, 5.41) is 5.56. The SMILES string of the molecule is [Co].c1cc[c-]2ccc(N3CCCC3)c2c1.c1cc[c-]2ccc(N3CCCC3)c2c1. The van der Waals surface area contributed by atoms with Crippen LogP contribution in [0, 0.1) is 0 Å². The summed E-state index contributed by atoms with van der Waals surface area (Å²) in [6, 6.07) is 26.3. The number of anilines is 2. The van der Waals surface area contributed by atoms with Crippen molar-refractivity contribution in [2.24, 2.45) is 0 Å². The van der Waals surface area contributed by atoms with Gasteiger partial charge in [0.05, 0.1) is 0 Å². The third kappa shape index (κ3) is 4.07. The molecule has 0 atom stereocenters. The standard InChI is InChI=1S/2C13H14N.Co/c2*1-2-6-12-11(5-1)7-8-13(12)14-9-3-4-10-14;/h2*1-2,5-8H,3-4,9-10H2;/q2*-1;. The van der Waals surface area contributed by atoms with Crippen LogP contribution in [0.5, 0.6) is 0 Å². The molecule has 3 heteroatoms. The van der Waals surface area contributed by atoms with E-state index in [0.29, 0.717) is 0 Å². The van der Waals surface area contributed by atoms with Gasteiger partial charge in [0.1, 0.15) is 0 Å². The Hall–Kier alpha value is -2.23. The molecule has 4 aromatic carbocycles. The van der Waals surface area contributed by atoms with Crippen LogP contribution in [0.4, 0.5) is 11.4 Å². The van der Waals surface area contributed by atoms with Crippen LogP contribution in [0.15, 0.2) is 72.8 Å². The van der Waals surface area contributed by atoms with Crippen LogP contribution in [0.3, 0.4) is 0 Å². The fraction of sp³-hybridized carbons (Fsp3) is 0.308. The van der Waals surface area contributed by atoms with E-state index in [0.717, 1.165) is 0 Å². The van der Waals surface area contributed by atoms with Crippen molar-refractivity contribution in [3.05, 3.63) is 72.8 Å². The molecule has 153 valence electrons. The number of hydrogen-bond donors (Lipinski definition) is 0. The Morgan fingerprint density at radius 2 is 0.931 bits per heavy atom. The van der Waals surface area contributed by atoms with Gasteiger partial charge in [0.25, 0.3) is 0 Å². The van der Waals surface area contributed by atoms with Gasteiger partial charge in [-0.3, -0.25) is 0 Å². The van der Waals surface area contributed by atoms with Crippen LogP contribution in [-0.4, -0.2) is 26.2 Å². The molecule has 2 fully saturated rings. The fourth-order valence-electron chi connectivity index (χ4n) is 4.74. The summed E-state index contributed by atoms with van der Waals surface area (Å²) in [4.78, 5) is 5.00. The number of benzene rings is 2. The molecule has 0 amide bonds. The molecule has 0 spiro atoms. The second-order valence-corrected chi connectivity index (χ2v) is 8.00. The number of fused-ring (bicyclic) bond motifs is 2. The average Bonchev–Trinajstić information content (AvgIpc) is 3.54. The van der Waals surface area contributed by atoms with E-state index in [1.54, 1.807) is 0 Å². The van der Waals surface area contributed by atoms with E-state index in [4.69, 9.17) is 0 Å². The van der Waals surface area contributed by atoms with Crippen molar-refractivity contribution in [1.82, 2.24) is 0 Å². The third-order valence-corrected chi connectivity index (χ3v) is 6.21. The number of rotatable bonds is 2. The van der Waals surface area contributed by atoms with E-state index in [1.165, 1.54) is 84.8 Å². The molecule has 6 rings (SSSR count). The maximum Gasteiger partial charge on any atom is 0.00998 e. The van der Waals surface area contributed by atoms with Gasteiger partial charge in [0, 0.05) is 43.0 Å². The quantitative estimate of drug-likeness (QED) is 0.346. The molecule has 0 saturated carbocycles. The maximum atomic E-state index is 2.50. The molecule has 2 saturated heterocycles. The molecule has 0 unspecified atom stereocenters. The van der Waals surface area contributed by atoms with Gasteiger partial charge < -0.3 is 9.80 Å². The molecule has 0 bridgehead atoms. The summed E-state index contributed by atoms with van der Waals surface area (Å²) in [7, 11) is 0. The Bertz CT molecular complexity index is 963. The minimum atomic E-state index is 0. The summed E-state index contributed by atoms with van der Waals surface area (Å²) < 4.78 is 0. The van der Waals surface area contributed by atoms with Crippen molar-refractivity contribution in [3.8, 4) is 0 Å². The molecule has 2 aliphatic heterocycles. The van der Waals surface area contributed by atoms with E-state index < -0.39 is 0 Å². The van der Waals surface area contributed by atoms with Crippen LogP contribution >= 0.6 is 0 Å². The first-order valence-corrected chi connectivity index (χ1v) is 10.7. The predicted molar refractivity (Wildman–Crippen MR) is 122 cm³/mol. The van der Waals surface area contributed by atoms with Gasteiger partial charge in [-0.15, -0.1) is 83.6 Å². The second-order valence-electron chi connectivity index (χ2n) is 8.00. The Kier molecular flexibility index (Phi) is 6.27. The first-order chi connectivity index (χ1) is 13.9. The summed E-state index contributed by atoms with van der Waals surface area (Å²) in [5.41, 5.74) is 2.86. The van der Waals surface area contributed by atoms with Crippen LogP contribution in [0.25, 0.3) is 21.5 Å². The molecule has 0 aliphatic carbocycles. The van der Waals surface area contributed by atoms with Crippen molar-refractivity contribution < 1.29 is 16.8 Å². The molecule has 2 heterocycles. The summed E-state index contributed by atoms with van der Waals surface area (Å²) in [6.45, 7) is 4.92. The number of hydrogen-bond acceptors (Lipinski definition) is 2. The molecular weight excluding hydrogens is 399 g/mol. The summed E-state index contributed by atoms with van der Waals surface area (Å²) >= 11 is 0. The number of nitrogens with zero attached hydrogens (tertiary/aromatic N) is 2. The van der Waals surface area contributed by atoms with Gasteiger partial charge in [0.2, 0.25) is 0 Å². The molecule has 2 nitrogen and oxygen atoms in total. The van der Waals surface area contributed by atoms with Crippen molar-refractivity contribution in [1.29, 1.82) is 0 Å². The van der Waals surface area contributed by atoms with Gasteiger partial charge in [0.15, 0.2) is 0 Å². The molecule has 4 aromatic rings. The molecule has 0 N–H and O–H groups in total. The smallest absolute Gasteiger partial charge is 0.00998 e. The first-order valence-electron chi connectivity index (χ1n) is 10.7. The van der Waals surface area contributed by atoms with Gasteiger partial charge in [-0.1, -0.05) is 22.1 Å². The van der Waals surface area contributed by atoms with Crippen LogP contribution < -0.4 is 9.80 Å². The van der Waals surface area contributed by atoms with Crippen molar-refractivity contribution in [2.75, 3.05) is 36.0 Å². The van der Waals surface area contributed by atoms with Crippen LogP contribution in [-0.2, 0) is 16.8 Å². The monoisotopic (exact) mass is 427 g/mol. The Morgan fingerprint density at radius 3 is 1.34 bits per heavy atom. The zero-order chi connectivity index (χ0) is 18.8. The molecular formula is C26H28CoN2-2. The molecule has 0 aromatic heterocycles. The topological polar surface area (TPSA) is 6.48 Å². The summed E-state index contributed by atoms with van der Waals surface area (Å²) in [5.74, 6) is 0. The zero-order valence-corrected chi connectivity index (χ0v) is 17.9. The van der Waals surface area contributed by atoms with Gasteiger partial charge in [-0.05, 0) is 25.7 Å². The Labute approximate surface area is 184 Å². The predicted octanol–water partition coefficient (Wildman–Crippen LogP) is 6.32. The third-order valence-electron chi connectivity index (χ3n) is 6.21. The first kappa shape index (κ1) is 20.1. The summed E-state index contributed by atoms with van der Waals surface area (Å²) in [6.07, 6.45) is 5.39. The largest absolute Gasteiger partial charge is 0.408 e. The average molecular weight is 427 g/mol. The van der Waals surface area contributed by atoms with Crippen molar-refractivity contribution in [2.45, 2.75) is 25.7 Å². The van der Waals surface area contributed by atoms with Crippen LogP contribution in [0.2, 0.25) is 0 Å². The van der Waals surface area contributed by atoms with Gasteiger partial charge >= 0.3 is 0 Å². The normalized spacial score (nSPS) is 16.1. The van der Waals surface area contributed by atoms with E-state index in [2.05, 4.69) is 82.6 Å². The second kappa shape index (κ2) is 9.06. The van der Waals surface area contributed by atoms with E-state index in [9.17, 15) is 0 Å². The Morgan fingerprint density at radius 1 is 0.517 bits per heavy atom. The van der Waals surface area contributed by atoms with E-state index >= 15 is 0 Å². The van der Waals surface area contributed by atoms with E-state index in [1.807, 2.05) is 0 Å². The maximum absolute atomic E-state index is 2.50. The van der Waals surface area contributed by atoms with Crippen molar-refractivity contribution in [3.63, 3.8) is 0 Å². The fourth-order valence-corrected chi connectivity index (χ4v) is 4.74. The minimum absolute atomic E-state index is 0.